The number of aryl methyl sites for hydroxylation is 2. The highest BCUT2D eigenvalue weighted by Crippen LogP contribution is 2.17. The minimum absolute atomic E-state index is 0.0978. The molecular formula is C16H19N5O3. The molecule has 0 spiro atoms. The van der Waals surface area contributed by atoms with Gasteiger partial charge in [-0.3, -0.25) is 4.79 Å². The van der Waals surface area contributed by atoms with Crippen LogP contribution in [0.2, 0.25) is 0 Å². The van der Waals surface area contributed by atoms with Crippen molar-refractivity contribution < 1.29 is 14.1 Å². The van der Waals surface area contributed by atoms with Gasteiger partial charge in [-0.2, -0.15) is 0 Å². The van der Waals surface area contributed by atoms with Crippen molar-refractivity contribution in [3.05, 3.63) is 41.2 Å². The molecule has 0 unspecified atom stereocenters. The lowest BCUT2D eigenvalue weighted by Gasteiger charge is -2.06. The Bertz CT molecular complexity index is 848. The summed E-state index contributed by atoms with van der Waals surface area (Å²) < 4.78 is 11.8. The molecule has 0 aliphatic rings. The SMILES string of the molecule is COCc1nc2c(NC(=O)CCc3c(C)noc3C)cccn2n1. The first-order chi connectivity index (χ1) is 11.6. The lowest BCUT2D eigenvalue weighted by Crippen LogP contribution is -2.13. The van der Waals surface area contributed by atoms with Gasteiger partial charge in [-0.1, -0.05) is 5.16 Å². The van der Waals surface area contributed by atoms with Crippen molar-refractivity contribution in [1.29, 1.82) is 0 Å². The molecule has 3 rings (SSSR count). The summed E-state index contributed by atoms with van der Waals surface area (Å²) in [6.45, 7) is 4.04. The maximum Gasteiger partial charge on any atom is 0.224 e. The Kier molecular flexibility index (Phi) is 4.57. The van der Waals surface area contributed by atoms with E-state index in [1.165, 1.54) is 0 Å². The molecule has 126 valence electrons. The zero-order valence-corrected chi connectivity index (χ0v) is 13.9. The Labute approximate surface area is 138 Å². The Hall–Kier alpha value is -2.74. The molecule has 0 aliphatic heterocycles. The Morgan fingerprint density at radius 3 is 2.96 bits per heavy atom. The largest absolute Gasteiger partial charge is 0.377 e. The van der Waals surface area contributed by atoms with E-state index in [1.807, 2.05) is 19.9 Å². The van der Waals surface area contributed by atoms with E-state index < -0.39 is 0 Å². The molecule has 0 atom stereocenters. The number of ether oxygens (including phenoxy) is 1. The number of carbonyl (C=O) groups excluding carboxylic acids is 1. The summed E-state index contributed by atoms with van der Waals surface area (Å²) in [6.07, 6.45) is 2.70. The second kappa shape index (κ2) is 6.79. The maximum atomic E-state index is 12.3. The Balaban J connectivity index is 1.71. The van der Waals surface area contributed by atoms with Crippen molar-refractivity contribution >= 4 is 17.2 Å². The molecular weight excluding hydrogens is 310 g/mol. The minimum atomic E-state index is -0.0978. The number of rotatable bonds is 6. The number of nitrogens with zero attached hydrogens (tertiary/aromatic N) is 4. The summed E-state index contributed by atoms with van der Waals surface area (Å²) in [5, 5.41) is 11.1. The monoisotopic (exact) mass is 329 g/mol. The first-order valence-corrected chi connectivity index (χ1v) is 7.63. The van der Waals surface area contributed by atoms with Crippen molar-refractivity contribution in [2.75, 3.05) is 12.4 Å². The first kappa shape index (κ1) is 16.1. The van der Waals surface area contributed by atoms with E-state index in [2.05, 4.69) is 20.6 Å². The van der Waals surface area contributed by atoms with Crippen LogP contribution in [0.5, 0.6) is 0 Å². The number of methoxy groups -OCH3 is 1. The number of pyridine rings is 1. The fourth-order valence-corrected chi connectivity index (χ4v) is 2.55. The number of aromatic nitrogens is 4. The van der Waals surface area contributed by atoms with Crippen molar-refractivity contribution in [2.24, 2.45) is 0 Å². The van der Waals surface area contributed by atoms with Crippen LogP contribution in [0, 0.1) is 13.8 Å². The number of fused-ring (bicyclic) bond motifs is 1. The topological polar surface area (TPSA) is 94.5 Å². The number of amides is 1. The van der Waals surface area contributed by atoms with Gasteiger partial charge < -0.3 is 14.6 Å². The fraction of sp³-hybridized carbons (Fsp3) is 0.375. The Morgan fingerprint density at radius 2 is 2.25 bits per heavy atom. The zero-order valence-electron chi connectivity index (χ0n) is 13.9. The third-order valence-corrected chi connectivity index (χ3v) is 3.74. The highest BCUT2D eigenvalue weighted by molar-refractivity contribution is 5.94. The third kappa shape index (κ3) is 3.28. The molecule has 0 bridgehead atoms. The summed E-state index contributed by atoms with van der Waals surface area (Å²) in [7, 11) is 1.59. The molecule has 8 heteroatoms. The minimum Gasteiger partial charge on any atom is -0.377 e. The van der Waals surface area contributed by atoms with Crippen LogP contribution in [-0.2, 0) is 22.6 Å². The number of anilines is 1. The third-order valence-electron chi connectivity index (χ3n) is 3.74. The summed E-state index contributed by atoms with van der Waals surface area (Å²) in [4.78, 5) is 16.6. The van der Waals surface area contributed by atoms with E-state index >= 15 is 0 Å². The van der Waals surface area contributed by atoms with Crippen molar-refractivity contribution in [2.45, 2.75) is 33.3 Å². The van der Waals surface area contributed by atoms with Crippen LogP contribution in [0.25, 0.3) is 5.65 Å². The molecule has 0 saturated carbocycles. The molecule has 0 aromatic carbocycles. The number of hydrogen-bond donors (Lipinski definition) is 1. The lowest BCUT2D eigenvalue weighted by atomic mass is 10.1. The van der Waals surface area contributed by atoms with Crippen molar-refractivity contribution in [3.8, 4) is 0 Å². The lowest BCUT2D eigenvalue weighted by molar-refractivity contribution is -0.116. The summed E-state index contributed by atoms with van der Waals surface area (Å²) in [5.41, 5.74) is 3.02. The molecule has 0 fully saturated rings. The molecule has 1 N–H and O–H groups in total. The van der Waals surface area contributed by atoms with Gasteiger partial charge >= 0.3 is 0 Å². The molecule has 1 amide bonds. The predicted octanol–water partition coefficient (Wildman–Crippen LogP) is 2.05. The van der Waals surface area contributed by atoms with Crippen LogP contribution in [0.15, 0.2) is 22.9 Å². The van der Waals surface area contributed by atoms with E-state index in [0.29, 0.717) is 36.6 Å². The highest BCUT2D eigenvalue weighted by atomic mass is 16.5. The van der Waals surface area contributed by atoms with E-state index in [-0.39, 0.29) is 5.91 Å². The van der Waals surface area contributed by atoms with E-state index in [0.717, 1.165) is 17.0 Å². The van der Waals surface area contributed by atoms with Gasteiger partial charge in [-0.15, -0.1) is 5.10 Å². The summed E-state index contributed by atoms with van der Waals surface area (Å²) in [5.74, 6) is 1.22. The molecule has 3 heterocycles. The highest BCUT2D eigenvalue weighted by Gasteiger charge is 2.13. The number of nitrogens with one attached hydrogen (secondary N) is 1. The van der Waals surface area contributed by atoms with E-state index in [9.17, 15) is 4.79 Å². The normalized spacial score (nSPS) is 11.1. The maximum absolute atomic E-state index is 12.3. The van der Waals surface area contributed by atoms with Gasteiger partial charge in [0.15, 0.2) is 11.5 Å². The van der Waals surface area contributed by atoms with Gasteiger partial charge in [0.1, 0.15) is 12.4 Å². The van der Waals surface area contributed by atoms with Gasteiger partial charge in [0.2, 0.25) is 5.91 Å². The smallest absolute Gasteiger partial charge is 0.224 e. The van der Waals surface area contributed by atoms with Crippen LogP contribution in [0.3, 0.4) is 0 Å². The fourth-order valence-electron chi connectivity index (χ4n) is 2.55. The van der Waals surface area contributed by atoms with Gasteiger partial charge in [-0.05, 0) is 32.4 Å². The second-order valence-electron chi connectivity index (χ2n) is 5.50. The van der Waals surface area contributed by atoms with E-state index in [4.69, 9.17) is 9.26 Å². The van der Waals surface area contributed by atoms with Gasteiger partial charge in [0.05, 0.1) is 11.4 Å². The standard InChI is InChI=1S/C16H19N5O3/c1-10-12(11(2)24-20-10)6-7-15(22)17-13-5-4-8-21-16(13)18-14(19-21)9-23-3/h4-5,8H,6-7,9H2,1-3H3,(H,17,22). The first-order valence-electron chi connectivity index (χ1n) is 7.63. The number of hydrogen-bond acceptors (Lipinski definition) is 6. The Morgan fingerprint density at radius 1 is 1.42 bits per heavy atom. The van der Waals surface area contributed by atoms with Crippen molar-refractivity contribution in [1.82, 2.24) is 19.8 Å². The predicted molar refractivity (Wildman–Crippen MR) is 86.6 cm³/mol. The average molecular weight is 329 g/mol. The van der Waals surface area contributed by atoms with E-state index in [1.54, 1.807) is 23.9 Å². The molecule has 0 aliphatic carbocycles. The molecule has 24 heavy (non-hydrogen) atoms. The molecule has 0 radical (unpaired) electrons. The molecule has 8 nitrogen and oxygen atoms in total. The molecule has 0 saturated heterocycles. The van der Waals surface area contributed by atoms with Crippen LogP contribution >= 0.6 is 0 Å². The number of carbonyl (C=O) groups is 1. The summed E-state index contributed by atoms with van der Waals surface area (Å²) >= 11 is 0. The average Bonchev–Trinajstić information content (AvgIpc) is 3.10. The van der Waals surface area contributed by atoms with Crippen LogP contribution in [0.4, 0.5) is 5.69 Å². The van der Waals surface area contributed by atoms with Gasteiger partial charge in [0, 0.05) is 25.3 Å². The van der Waals surface area contributed by atoms with Crippen molar-refractivity contribution in [3.63, 3.8) is 0 Å². The zero-order chi connectivity index (χ0) is 17.1. The molecule has 3 aromatic rings. The summed E-state index contributed by atoms with van der Waals surface area (Å²) in [6, 6.07) is 3.61. The quantitative estimate of drug-likeness (QED) is 0.744. The van der Waals surface area contributed by atoms with Crippen LogP contribution < -0.4 is 5.32 Å². The van der Waals surface area contributed by atoms with Crippen LogP contribution in [0.1, 0.15) is 29.3 Å². The molecule has 3 aromatic heterocycles. The second-order valence-corrected chi connectivity index (χ2v) is 5.50. The van der Waals surface area contributed by atoms with Gasteiger partial charge in [-0.25, -0.2) is 9.50 Å². The van der Waals surface area contributed by atoms with Gasteiger partial charge in [0.25, 0.3) is 0 Å². The van der Waals surface area contributed by atoms with Crippen LogP contribution in [-0.4, -0.2) is 32.8 Å².